The molecule has 0 heterocycles. The number of methoxy groups -OCH3 is 1. The third kappa shape index (κ3) is 14.1. The van der Waals surface area contributed by atoms with Crippen molar-refractivity contribution in [3.8, 4) is 0 Å². The van der Waals surface area contributed by atoms with Crippen LogP contribution in [0.1, 0.15) is 34.6 Å². The maximum absolute atomic E-state index is 12.3. The van der Waals surface area contributed by atoms with E-state index in [0.717, 1.165) is 18.6 Å². The van der Waals surface area contributed by atoms with Gasteiger partial charge >= 0.3 is 12.1 Å². The van der Waals surface area contributed by atoms with E-state index < -0.39 is 62.9 Å². The highest BCUT2D eigenvalue weighted by Gasteiger charge is 2.21. The molecule has 1 amide bonds. The van der Waals surface area contributed by atoms with Crippen LogP contribution in [0.25, 0.3) is 0 Å². The van der Waals surface area contributed by atoms with Crippen LogP contribution >= 0.6 is 0 Å². The van der Waals surface area contributed by atoms with Crippen LogP contribution in [0.15, 0.2) is 23.0 Å². The van der Waals surface area contributed by atoms with Crippen LogP contribution in [-0.2, 0) is 34.3 Å². The lowest BCUT2D eigenvalue weighted by Crippen LogP contribution is -2.41. The first-order valence-corrected chi connectivity index (χ1v) is 12.6. The van der Waals surface area contributed by atoms with Gasteiger partial charge in [-0.3, -0.25) is 4.79 Å². The van der Waals surface area contributed by atoms with Gasteiger partial charge in [0.1, 0.15) is 12.1 Å². The molecule has 0 fully saturated rings. The Hall–Kier alpha value is -2.00. The molecule has 12 nitrogen and oxygen atoms in total. The molecule has 0 aliphatic carbocycles. The number of rotatable bonds is 12. The summed E-state index contributed by atoms with van der Waals surface area (Å²) in [5.41, 5.74) is -0.727. The smallest absolute Gasteiger partial charge is 0.408 e. The molecule has 32 heavy (non-hydrogen) atoms. The van der Waals surface area contributed by atoms with Crippen molar-refractivity contribution < 1.29 is 41.0 Å². The Morgan fingerprint density at radius 2 is 1.59 bits per heavy atom. The molecule has 0 bridgehead atoms. The van der Waals surface area contributed by atoms with Crippen LogP contribution < -0.4 is 14.8 Å². The summed E-state index contributed by atoms with van der Waals surface area (Å²) >= 11 is 0. The van der Waals surface area contributed by atoms with Gasteiger partial charge in [-0.15, -0.1) is 0 Å². The van der Waals surface area contributed by atoms with Crippen LogP contribution in [-0.4, -0.2) is 72.0 Å². The fourth-order valence-electron chi connectivity index (χ4n) is 1.93. The van der Waals surface area contributed by atoms with Gasteiger partial charge < -0.3 is 19.9 Å². The number of carbonyl (C=O) groups is 2. The third-order valence-electron chi connectivity index (χ3n) is 3.51. The summed E-state index contributed by atoms with van der Waals surface area (Å²) in [6.07, 6.45) is 1.43. The highest BCUT2D eigenvalue weighted by atomic mass is 32.2. The van der Waals surface area contributed by atoms with E-state index in [2.05, 4.69) is 14.8 Å². The van der Waals surface area contributed by atoms with Gasteiger partial charge in [0.2, 0.25) is 20.0 Å². The van der Waals surface area contributed by atoms with Gasteiger partial charge in [-0.2, -0.15) is 0 Å². The zero-order valence-electron chi connectivity index (χ0n) is 19.0. The topological polar surface area (TPSA) is 177 Å². The van der Waals surface area contributed by atoms with Crippen molar-refractivity contribution in [2.24, 2.45) is 5.92 Å². The standard InChI is InChI=1S/C18H33N3O9S2/c1-13(2)15(20-17(24)30-18(3,4)5)8-10-32(27,28)21-14(12-22)7-9-31(25,26)19-11-16(23)29-6/h7-10,13-15,19,21-22H,11-12H2,1-6H3,(H,20,24)/b9-7+,10-8+/t14-,15-/m1/s1. The second-order valence-corrected chi connectivity index (χ2v) is 11.2. The van der Waals surface area contributed by atoms with Crippen LogP contribution in [0.5, 0.6) is 0 Å². The number of nitrogens with one attached hydrogen (secondary N) is 3. The molecule has 0 saturated heterocycles. The largest absolute Gasteiger partial charge is 0.468 e. The molecule has 0 spiro atoms. The number of carbonyl (C=O) groups excluding carboxylic acids is 2. The summed E-state index contributed by atoms with van der Waals surface area (Å²) in [6, 6.07) is -1.94. The number of hydrogen-bond acceptors (Lipinski definition) is 9. The van der Waals surface area contributed by atoms with E-state index in [4.69, 9.17) is 4.74 Å². The minimum Gasteiger partial charge on any atom is -0.468 e. The highest BCUT2D eigenvalue weighted by Crippen LogP contribution is 2.10. The SMILES string of the molecule is COC(=O)CNS(=O)(=O)/C=C/[C@H](CO)NS(=O)(=O)/C=C/[C@@H](NC(=O)OC(C)(C)C)C(C)C. The summed E-state index contributed by atoms with van der Waals surface area (Å²) in [6.45, 7) is 7.25. The Balaban J connectivity index is 5.20. The quantitative estimate of drug-likeness (QED) is 0.268. The molecule has 0 aliphatic rings. The molecule has 4 N–H and O–H groups in total. The van der Waals surface area contributed by atoms with Gasteiger partial charge in [-0.05, 0) is 32.8 Å². The lowest BCUT2D eigenvalue weighted by Gasteiger charge is -2.24. The predicted octanol–water partition coefficient (Wildman–Crippen LogP) is -0.0642. The Bertz CT molecular complexity index is 889. The second kappa shape index (κ2) is 12.9. The monoisotopic (exact) mass is 499 g/mol. The molecule has 0 rings (SSSR count). The molecule has 2 atom stereocenters. The number of sulfonamides is 2. The molecule has 14 heteroatoms. The zero-order chi connectivity index (χ0) is 25.2. The summed E-state index contributed by atoms with van der Waals surface area (Å²) in [4.78, 5) is 23.0. The van der Waals surface area contributed by atoms with Gasteiger partial charge in [0, 0.05) is 10.8 Å². The summed E-state index contributed by atoms with van der Waals surface area (Å²) in [5.74, 6) is -0.986. The van der Waals surface area contributed by atoms with Crippen molar-refractivity contribution in [1.82, 2.24) is 14.8 Å². The second-order valence-electron chi connectivity index (χ2n) is 7.97. The van der Waals surface area contributed by atoms with E-state index in [1.54, 1.807) is 34.6 Å². The van der Waals surface area contributed by atoms with Crippen LogP contribution in [0.4, 0.5) is 4.79 Å². The number of esters is 1. The maximum Gasteiger partial charge on any atom is 0.408 e. The van der Waals surface area contributed by atoms with E-state index in [1.807, 2.05) is 4.72 Å². The van der Waals surface area contributed by atoms with Crippen molar-refractivity contribution >= 4 is 32.1 Å². The normalized spacial score (nSPS) is 15.1. The van der Waals surface area contributed by atoms with Gasteiger partial charge in [0.25, 0.3) is 0 Å². The molecular formula is C18H33N3O9S2. The Kier molecular flexibility index (Phi) is 12.1. The summed E-state index contributed by atoms with van der Waals surface area (Å²) in [5, 5.41) is 13.3. The van der Waals surface area contributed by atoms with E-state index in [1.165, 1.54) is 6.08 Å². The van der Waals surface area contributed by atoms with Crippen LogP contribution in [0, 0.1) is 5.92 Å². The first-order valence-electron chi connectivity index (χ1n) is 9.56. The number of ether oxygens (including phenoxy) is 2. The number of aliphatic hydroxyl groups is 1. The highest BCUT2D eigenvalue weighted by molar-refractivity contribution is 7.92. The predicted molar refractivity (Wildman–Crippen MR) is 118 cm³/mol. The number of aliphatic hydroxyl groups excluding tert-OH is 1. The molecule has 0 saturated carbocycles. The molecule has 0 unspecified atom stereocenters. The average molecular weight is 500 g/mol. The van der Waals surface area contributed by atoms with E-state index >= 15 is 0 Å². The fourth-order valence-corrected chi connectivity index (χ4v) is 3.78. The zero-order valence-corrected chi connectivity index (χ0v) is 20.6. The molecule has 0 aromatic rings. The Morgan fingerprint density at radius 1 is 1.03 bits per heavy atom. The van der Waals surface area contributed by atoms with Gasteiger partial charge in [0.15, 0.2) is 0 Å². The first kappa shape index (κ1) is 30.0. The Morgan fingerprint density at radius 3 is 2.06 bits per heavy atom. The van der Waals surface area contributed by atoms with E-state index in [-0.39, 0.29) is 5.92 Å². The van der Waals surface area contributed by atoms with Crippen molar-refractivity contribution in [3.05, 3.63) is 23.0 Å². The molecule has 0 aliphatic heterocycles. The summed E-state index contributed by atoms with van der Waals surface area (Å²) in [7, 11) is -7.10. The molecule has 186 valence electrons. The van der Waals surface area contributed by atoms with Gasteiger partial charge in [-0.25, -0.2) is 31.1 Å². The number of hydrogen-bond donors (Lipinski definition) is 4. The van der Waals surface area contributed by atoms with Gasteiger partial charge in [0.05, 0.1) is 25.8 Å². The van der Waals surface area contributed by atoms with Crippen LogP contribution in [0.3, 0.4) is 0 Å². The molecular weight excluding hydrogens is 466 g/mol. The minimum atomic E-state index is -4.11. The maximum atomic E-state index is 12.3. The van der Waals surface area contributed by atoms with Crippen molar-refractivity contribution in [2.45, 2.75) is 52.3 Å². The van der Waals surface area contributed by atoms with Crippen LogP contribution in [0.2, 0.25) is 0 Å². The van der Waals surface area contributed by atoms with Crippen molar-refractivity contribution in [3.63, 3.8) is 0 Å². The summed E-state index contributed by atoms with van der Waals surface area (Å²) < 4.78 is 61.7. The lowest BCUT2D eigenvalue weighted by atomic mass is 10.1. The average Bonchev–Trinajstić information content (AvgIpc) is 2.64. The number of alkyl carbamates (subject to hydrolysis) is 1. The lowest BCUT2D eigenvalue weighted by molar-refractivity contribution is -0.139. The number of amides is 1. The molecule has 0 aromatic carbocycles. The van der Waals surface area contributed by atoms with Crippen molar-refractivity contribution in [1.29, 1.82) is 0 Å². The Labute approximate surface area is 189 Å². The fraction of sp³-hybridized carbons (Fsp3) is 0.667. The molecule has 0 aromatic heterocycles. The van der Waals surface area contributed by atoms with E-state index in [9.17, 15) is 31.5 Å². The van der Waals surface area contributed by atoms with E-state index in [0.29, 0.717) is 5.41 Å². The first-order chi connectivity index (χ1) is 14.5. The third-order valence-corrected chi connectivity index (χ3v) is 5.72. The van der Waals surface area contributed by atoms with Crippen molar-refractivity contribution in [2.75, 3.05) is 20.3 Å². The minimum absolute atomic E-state index is 0.173. The molecule has 0 radical (unpaired) electrons. The van der Waals surface area contributed by atoms with Gasteiger partial charge in [-0.1, -0.05) is 19.9 Å².